The number of aromatic nitrogens is 2. The number of hydrogen-bond acceptors (Lipinski definition) is 4. The van der Waals surface area contributed by atoms with Crippen LogP contribution >= 0.6 is 0 Å². The second kappa shape index (κ2) is 6.75. The summed E-state index contributed by atoms with van der Waals surface area (Å²) in [5, 5.41) is 12.0. The highest BCUT2D eigenvalue weighted by molar-refractivity contribution is 5.78. The number of aliphatic hydroxyl groups is 1. The van der Waals surface area contributed by atoms with Crippen molar-refractivity contribution in [3.05, 3.63) is 32.6 Å². The molecule has 18 heavy (non-hydrogen) atoms. The topological polar surface area (TPSA) is 115 Å². The van der Waals surface area contributed by atoms with E-state index in [0.29, 0.717) is 6.42 Å². The predicted octanol–water partition coefficient (Wildman–Crippen LogP) is -1.12. The van der Waals surface area contributed by atoms with Crippen molar-refractivity contribution in [1.29, 1.82) is 0 Å². The van der Waals surface area contributed by atoms with Gasteiger partial charge in [-0.25, -0.2) is 4.79 Å². The Morgan fingerprint density at radius 1 is 1.44 bits per heavy atom. The first-order valence-electron chi connectivity index (χ1n) is 5.78. The molecule has 1 aromatic rings. The van der Waals surface area contributed by atoms with E-state index < -0.39 is 17.4 Å². The summed E-state index contributed by atoms with van der Waals surface area (Å²) in [4.78, 5) is 37.8. The molecule has 0 spiro atoms. The molecule has 0 aliphatic carbocycles. The minimum Gasteiger partial charge on any atom is -0.391 e. The Bertz CT molecular complexity index is 477. The molecule has 100 valence electrons. The summed E-state index contributed by atoms with van der Waals surface area (Å²) in [5.41, 5.74) is -0.949. The molecule has 1 aromatic heterocycles. The van der Waals surface area contributed by atoms with Gasteiger partial charge in [-0.1, -0.05) is 13.3 Å². The number of H-pyrrole nitrogens is 2. The van der Waals surface area contributed by atoms with E-state index in [2.05, 4.69) is 10.3 Å². The third kappa shape index (κ3) is 4.96. The van der Waals surface area contributed by atoms with Crippen molar-refractivity contribution in [2.75, 3.05) is 6.54 Å². The summed E-state index contributed by atoms with van der Waals surface area (Å²) >= 11 is 0. The largest absolute Gasteiger partial charge is 0.391 e. The van der Waals surface area contributed by atoms with Crippen LogP contribution in [0.4, 0.5) is 0 Å². The van der Waals surface area contributed by atoms with Gasteiger partial charge in [-0.2, -0.15) is 0 Å². The Balaban J connectivity index is 2.49. The molecule has 0 bridgehead atoms. The lowest BCUT2D eigenvalue weighted by Gasteiger charge is -2.10. The number of carbonyl (C=O) groups excluding carboxylic acids is 1. The molecule has 0 aliphatic rings. The smallest absolute Gasteiger partial charge is 0.325 e. The standard InChI is InChI=1S/C11H17N3O4/c1-2-3-8(15)6-12-9(16)4-7-5-10(17)14-11(18)13-7/h5,8,15H,2-4,6H2,1H3,(H,12,16)(H2,13,14,17,18). The molecule has 1 unspecified atom stereocenters. The van der Waals surface area contributed by atoms with Crippen LogP contribution in [0.5, 0.6) is 0 Å². The normalized spacial score (nSPS) is 12.1. The van der Waals surface area contributed by atoms with E-state index in [-0.39, 0.29) is 24.6 Å². The summed E-state index contributed by atoms with van der Waals surface area (Å²) in [6, 6.07) is 1.16. The zero-order chi connectivity index (χ0) is 13.5. The van der Waals surface area contributed by atoms with Gasteiger partial charge < -0.3 is 15.4 Å². The molecule has 1 atom stereocenters. The van der Waals surface area contributed by atoms with E-state index in [9.17, 15) is 19.5 Å². The van der Waals surface area contributed by atoms with Crippen molar-refractivity contribution in [2.24, 2.45) is 0 Å². The molecule has 1 amide bonds. The van der Waals surface area contributed by atoms with Crippen LogP contribution in [-0.4, -0.2) is 33.6 Å². The molecule has 0 aliphatic heterocycles. The van der Waals surface area contributed by atoms with E-state index in [0.717, 1.165) is 12.5 Å². The molecule has 7 heteroatoms. The van der Waals surface area contributed by atoms with E-state index >= 15 is 0 Å². The molecular formula is C11H17N3O4. The van der Waals surface area contributed by atoms with Crippen molar-refractivity contribution >= 4 is 5.91 Å². The van der Waals surface area contributed by atoms with E-state index in [4.69, 9.17) is 0 Å². The number of rotatable bonds is 6. The molecule has 0 aromatic carbocycles. The molecule has 1 rings (SSSR count). The predicted molar refractivity (Wildman–Crippen MR) is 65.3 cm³/mol. The maximum Gasteiger partial charge on any atom is 0.325 e. The quantitative estimate of drug-likeness (QED) is 0.515. The van der Waals surface area contributed by atoms with Crippen molar-refractivity contribution in [1.82, 2.24) is 15.3 Å². The van der Waals surface area contributed by atoms with Crippen LogP contribution in [0.2, 0.25) is 0 Å². The number of aliphatic hydroxyl groups excluding tert-OH is 1. The van der Waals surface area contributed by atoms with Gasteiger partial charge in [0, 0.05) is 18.3 Å². The fourth-order valence-corrected chi connectivity index (χ4v) is 1.52. The van der Waals surface area contributed by atoms with Gasteiger partial charge in [-0.05, 0) is 6.42 Å². The zero-order valence-corrected chi connectivity index (χ0v) is 10.2. The second-order valence-electron chi connectivity index (χ2n) is 4.04. The Hall–Kier alpha value is -1.89. The number of nitrogens with one attached hydrogen (secondary N) is 3. The highest BCUT2D eigenvalue weighted by Gasteiger charge is 2.08. The average Bonchev–Trinajstić information content (AvgIpc) is 2.25. The van der Waals surface area contributed by atoms with Crippen molar-refractivity contribution in [3.63, 3.8) is 0 Å². The molecule has 7 nitrogen and oxygen atoms in total. The highest BCUT2D eigenvalue weighted by atomic mass is 16.3. The van der Waals surface area contributed by atoms with Gasteiger partial charge in [0.1, 0.15) is 0 Å². The summed E-state index contributed by atoms with van der Waals surface area (Å²) < 4.78 is 0. The van der Waals surface area contributed by atoms with Gasteiger partial charge in [0.15, 0.2) is 0 Å². The van der Waals surface area contributed by atoms with E-state index in [1.807, 2.05) is 11.9 Å². The molecule has 0 saturated heterocycles. The van der Waals surface area contributed by atoms with Crippen LogP contribution in [0.15, 0.2) is 15.7 Å². The number of aromatic amines is 2. The van der Waals surface area contributed by atoms with Gasteiger partial charge in [-0.15, -0.1) is 0 Å². The molecule has 0 saturated carbocycles. The Labute approximate surface area is 103 Å². The van der Waals surface area contributed by atoms with Crippen molar-refractivity contribution in [3.8, 4) is 0 Å². The first-order chi connectivity index (χ1) is 8.51. The first-order valence-corrected chi connectivity index (χ1v) is 5.78. The van der Waals surface area contributed by atoms with Crippen LogP contribution in [0.25, 0.3) is 0 Å². The van der Waals surface area contributed by atoms with Gasteiger partial charge in [0.2, 0.25) is 5.91 Å². The van der Waals surface area contributed by atoms with E-state index in [1.54, 1.807) is 0 Å². The summed E-state index contributed by atoms with van der Waals surface area (Å²) in [6.07, 6.45) is 0.774. The lowest BCUT2D eigenvalue weighted by atomic mass is 10.2. The fourth-order valence-electron chi connectivity index (χ4n) is 1.52. The monoisotopic (exact) mass is 255 g/mol. The lowest BCUT2D eigenvalue weighted by molar-refractivity contribution is -0.121. The number of amides is 1. The summed E-state index contributed by atoms with van der Waals surface area (Å²) in [6.45, 7) is 2.10. The maximum absolute atomic E-state index is 11.5. The van der Waals surface area contributed by atoms with Gasteiger partial charge in [0.25, 0.3) is 5.56 Å². The van der Waals surface area contributed by atoms with Crippen LogP contribution in [-0.2, 0) is 11.2 Å². The molecule has 4 N–H and O–H groups in total. The third-order valence-corrected chi connectivity index (χ3v) is 2.32. The van der Waals surface area contributed by atoms with Crippen LogP contribution in [0, 0.1) is 0 Å². The van der Waals surface area contributed by atoms with Crippen LogP contribution in [0.3, 0.4) is 0 Å². The van der Waals surface area contributed by atoms with Crippen LogP contribution < -0.4 is 16.6 Å². The Morgan fingerprint density at radius 3 is 2.78 bits per heavy atom. The molecule has 0 fully saturated rings. The minimum absolute atomic E-state index is 0.0992. The Kier molecular flexibility index (Phi) is 5.31. The minimum atomic E-state index is -0.642. The molecule has 1 heterocycles. The maximum atomic E-state index is 11.5. The average molecular weight is 255 g/mol. The van der Waals surface area contributed by atoms with Crippen LogP contribution in [0.1, 0.15) is 25.5 Å². The number of hydrogen-bond donors (Lipinski definition) is 4. The fraction of sp³-hybridized carbons (Fsp3) is 0.545. The van der Waals surface area contributed by atoms with Gasteiger partial charge >= 0.3 is 5.69 Å². The van der Waals surface area contributed by atoms with Crippen molar-refractivity contribution < 1.29 is 9.90 Å². The third-order valence-electron chi connectivity index (χ3n) is 2.32. The molecular weight excluding hydrogens is 238 g/mol. The number of carbonyl (C=O) groups is 1. The lowest BCUT2D eigenvalue weighted by Crippen LogP contribution is -2.34. The second-order valence-corrected chi connectivity index (χ2v) is 4.04. The van der Waals surface area contributed by atoms with Gasteiger partial charge in [-0.3, -0.25) is 14.6 Å². The summed E-state index contributed by atoms with van der Waals surface area (Å²) in [7, 11) is 0. The summed E-state index contributed by atoms with van der Waals surface area (Å²) in [5.74, 6) is -0.355. The highest BCUT2D eigenvalue weighted by Crippen LogP contribution is 1.94. The Morgan fingerprint density at radius 2 is 2.17 bits per heavy atom. The SMILES string of the molecule is CCCC(O)CNC(=O)Cc1cc(=O)[nH]c(=O)[nH]1. The zero-order valence-electron chi connectivity index (χ0n) is 10.2. The molecule has 0 radical (unpaired) electrons. The van der Waals surface area contributed by atoms with Crippen molar-refractivity contribution in [2.45, 2.75) is 32.3 Å². The van der Waals surface area contributed by atoms with E-state index in [1.165, 1.54) is 0 Å². The first kappa shape index (κ1) is 14.2. The van der Waals surface area contributed by atoms with Gasteiger partial charge in [0.05, 0.1) is 12.5 Å².